The van der Waals surface area contributed by atoms with E-state index in [1.54, 1.807) is 0 Å². The van der Waals surface area contributed by atoms with Crippen molar-refractivity contribution in [3.8, 4) is 0 Å². The van der Waals surface area contributed by atoms with Crippen molar-refractivity contribution in [2.75, 3.05) is 12.3 Å². The molecule has 0 spiro atoms. The first-order valence-corrected chi connectivity index (χ1v) is 7.70. The van der Waals surface area contributed by atoms with Gasteiger partial charge in [-0.15, -0.1) is 0 Å². The Kier molecular flexibility index (Phi) is 4.28. The molecule has 1 aromatic heterocycles. The van der Waals surface area contributed by atoms with E-state index in [0.29, 0.717) is 19.0 Å². The highest BCUT2D eigenvalue weighted by atomic mass is 16.1. The number of anilines is 1. The number of aromatic nitrogens is 2. The van der Waals surface area contributed by atoms with Crippen LogP contribution in [0.25, 0.3) is 11.0 Å². The molecule has 0 aliphatic carbocycles. The summed E-state index contributed by atoms with van der Waals surface area (Å²) in [5.74, 6) is 0.309. The molecule has 23 heavy (non-hydrogen) atoms. The van der Waals surface area contributed by atoms with Crippen LogP contribution in [0.15, 0.2) is 54.6 Å². The number of rotatable bonds is 5. The van der Waals surface area contributed by atoms with Gasteiger partial charge in [0.2, 0.25) is 11.9 Å². The minimum Gasteiger partial charge on any atom is -0.369 e. The van der Waals surface area contributed by atoms with Crippen LogP contribution in [0.4, 0.5) is 5.95 Å². The second-order valence-electron chi connectivity index (χ2n) is 5.53. The van der Waals surface area contributed by atoms with Crippen molar-refractivity contribution < 1.29 is 4.79 Å². The molecule has 1 amide bonds. The van der Waals surface area contributed by atoms with Gasteiger partial charge >= 0.3 is 0 Å². The molecule has 5 nitrogen and oxygen atoms in total. The number of fused-ring (bicyclic) bond motifs is 1. The van der Waals surface area contributed by atoms with Crippen LogP contribution in [0.2, 0.25) is 0 Å². The smallest absolute Gasteiger partial charge is 0.227 e. The third kappa shape index (κ3) is 3.18. The van der Waals surface area contributed by atoms with Gasteiger partial charge in [0, 0.05) is 13.1 Å². The van der Waals surface area contributed by atoms with Gasteiger partial charge in [0.25, 0.3) is 0 Å². The predicted octanol–water partition coefficient (Wildman–Crippen LogP) is 2.54. The molecule has 3 N–H and O–H groups in total. The van der Waals surface area contributed by atoms with Crippen molar-refractivity contribution in [3.63, 3.8) is 0 Å². The second-order valence-corrected chi connectivity index (χ2v) is 5.53. The number of nitrogens with one attached hydrogen (secondary N) is 1. The van der Waals surface area contributed by atoms with Crippen LogP contribution in [0.3, 0.4) is 0 Å². The lowest BCUT2D eigenvalue weighted by molar-refractivity contribution is -0.122. The minimum absolute atomic E-state index is 0.0131. The molecular formula is C18H20N4O. The SMILES string of the molecule is CC(C(=O)NCCn1c(N)nc2ccccc21)c1ccccc1. The summed E-state index contributed by atoms with van der Waals surface area (Å²) in [5.41, 5.74) is 8.82. The zero-order valence-electron chi connectivity index (χ0n) is 13.1. The first-order chi connectivity index (χ1) is 11.2. The molecule has 0 aliphatic heterocycles. The maximum Gasteiger partial charge on any atom is 0.227 e. The Bertz CT molecular complexity index is 810. The fraction of sp³-hybridized carbons (Fsp3) is 0.222. The second kappa shape index (κ2) is 6.52. The highest BCUT2D eigenvalue weighted by Gasteiger charge is 2.14. The van der Waals surface area contributed by atoms with Crippen molar-refractivity contribution >= 4 is 22.9 Å². The van der Waals surface area contributed by atoms with Crippen LogP contribution in [0.1, 0.15) is 18.4 Å². The summed E-state index contributed by atoms with van der Waals surface area (Å²) in [5, 5.41) is 2.97. The van der Waals surface area contributed by atoms with Crippen LogP contribution in [0.5, 0.6) is 0 Å². The van der Waals surface area contributed by atoms with Gasteiger partial charge in [-0.3, -0.25) is 4.79 Å². The van der Waals surface area contributed by atoms with E-state index in [1.807, 2.05) is 66.1 Å². The number of nitrogens with two attached hydrogens (primary N) is 1. The molecule has 0 saturated carbocycles. The van der Waals surface area contributed by atoms with Gasteiger partial charge in [-0.1, -0.05) is 42.5 Å². The van der Waals surface area contributed by atoms with Gasteiger partial charge in [-0.2, -0.15) is 0 Å². The summed E-state index contributed by atoms with van der Waals surface area (Å²) >= 11 is 0. The molecule has 0 bridgehead atoms. The van der Waals surface area contributed by atoms with Gasteiger partial charge in [-0.25, -0.2) is 4.98 Å². The maximum absolute atomic E-state index is 12.3. The van der Waals surface area contributed by atoms with Crippen LogP contribution < -0.4 is 11.1 Å². The van der Waals surface area contributed by atoms with Gasteiger partial charge in [-0.05, 0) is 24.6 Å². The molecular weight excluding hydrogens is 288 g/mol. The standard InChI is InChI=1S/C18H20N4O/c1-13(14-7-3-2-4-8-14)17(23)20-11-12-22-16-10-6-5-9-15(16)21-18(22)19/h2-10,13H,11-12H2,1H3,(H2,19,21)(H,20,23). The minimum atomic E-state index is -0.173. The molecule has 0 saturated heterocycles. The molecule has 0 aliphatic rings. The molecule has 5 heteroatoms. The van der Waals surface area contributed by atoms with Crippen LogP contribution in [-0.2, 0) is 11.3 Å². The molecule has 1 atom stereocenters. The summed E-state index contributed by atoms with van der Waals surface area (Å²) in [6.07, 6.45) is 0. The van der Waals surface area contributed by atoms with Gasteiger partial charge in [0.15, 0.2) is 0 Å². The Labute approximate surface area is 135 Å². The monoisotopic (exact) mass is 308 g/mol. The van der Waals surface area contributed by atoms with Crippen molar-refractivity contribution in [1.29, 1.82) is 0 Å². The average Bonchev–Trinajstić information content (AvgIpc) is 2.90. The molecule has 0 fully saturated rings. The molecule has 2 aromatic carbocycles. The molecule has 0 radical (unpaired) electrons. The lowest BCUT2D eigenvalue weighted by Gasteiger charge is -2.13. The van der Waals surface area contributed by atoms with Crippen LogP contribution in [-0.4, -0.2) is 22.0 Å². The summed E-state index contributed by atoms with van der Waals surface area (Å²) in [6, 6.07) is 17.6. The van der Waals surface area contributed by atoms with Crippen LogP contribution >= 0.6 is 0 Å². The van der Waals surface area contributed by atoms with Crippen molar-refractivity contribution in [2.24, 2.45) is 0 Å². The van der Waals surface area contributed by atoms with Gasteiger partial charge < -0.3 is 15.6 Å². The fourth-order valence-corrected chi connectivity index (χ4v) is 2.67. The predicted molar refractivity (Wildman–Crippen MR) is 92.0 cm³/mol. The summed E-state index contributed by atoms with van der Waals surface area (Å²) < 4.78 is 1.92. The lowest BCUT2D eigenvalue weighted by Crippen LogP contribution is -2.31. The topological polar surface area (TPSA) is 72.9 Å². The van der Waals surface area contributed by atoms with Crippen LogP contribution in [0, 0.1) is 0 Å². The third-order valence-electron chi connectivity index (χ3n) is 4.01. The van der Waals surface area contributed by atoms with Gasteiger partial charge in [0.05, 0.1) is 17.0 Å². The lowest BCUT2D eigenvalue weighted by atomic mass is 10.0. The summed E-state index contributed by atoms with van der Waals surface area (Å²) in [7, 11) is 0. The van der Waals surface area contributed by atoms with E-state index in [1.165, 1.54) is 0 Å². The van der Waals surface area contributed by atoms with E-state index in [-0.39, 0.29) is 11.8 Å². The van der Waals surface area contributed by atoms with Gasteiger partial charge in [0.1, 0.15) is 0 Å². The number of amides is 1. The Morgan fingerprint density at radius 3 is 2.65 bits per heavy atom. The Morgan fingerprint density at radius 2 is 1.87 bits per heavy atom. The maximum atomic E-state index is 12.3. The number of hydrogen-bond acceptors (Lipinski definition) is 3. The van der Waals surface area contributed by atoms with E-state index in [2.05, 4.69) is 10.3 Å². The number of carbonyl (C=O) groups excluding carboxylic acids is 1. The van der Waals surface area contributed by atoms with E-state index in [0.717, 1.165) is 16.6 Å². The molecule has 1 unspecified atom stereocenters. The highest BCUT2D eigenvalue weighted by molar-refractivity contribution is 5.83. The fourth-order valence-electron chi connectivity index (χ4n) is 2.67. The van der Waals surface area contributed by atoms with E-state index < -0.39 is 0 Å². The number of nitrogens with zero attached hydrogens (tertiary/aromatic N) is 2. The normalized spacial score (nSPS) is 12.2. The van der Waals surface area contributed by atoms with E-state index >= 15 is 0 Å². The van der Waals surface area contributed by atoms with E-state index in [4.69, 9.17) is 5.73 Å². The Morgan fingerprint density at radius 1 is 1.17 bits per heavy atom. The van der Waals surface area contributed by atoms with Crippen molar-refractivity contribution in [1.82, 2.24) is 14.9 Å². The largest absolute Gasteiger partial charge is 0.369 e. The number of carbonyl (C=O) groups is 1. The Hall–Kier alpha value is -2.82. The summed E-state index contributed by atoms with van der Waals surface area (Å²) in [4.78, 5) is 16.6. The third-order valence-corrected chi connectivity index (χ3v) is 4.01. The van der Waals surface area contributed by atoms with Crippen molar-refractivity contribution in [3.05, 3.63) is 60.2 Å². The molecule has 118 valence electrons. The van der Waals surface area contributed by atoms with Crippen molar-refractivity contribution in [2.45, 2.75) is 19.4 Å². The number of imidazole rings is 1. The number of hydrogen-bond donors (Lipinski definition) is 2. The number of benzene rings is 2. The quantitative estimate of drug-likeness (QED) is 0.761. The zero-order chi connectivity index (χ0) is 16.2. The zero-order valence-corrected chi connectivity index (χ0v) is 13.1. The first kappa shape index (κ1) is 15.1. The number of nitrogen functional groups attached to an aromatic ring is 1. The van der Waals surface area contributed by atoms with E-state index in [9.17, 15) is 4.79 Å². The molecule has 3 rings (SSSR count). The summed E-state index contributed by atoms with van der Waals surface area (Å²) in [6.45, 7) is 3.02. The average molecular weight is 308 g/mol. The molecule has 3 aromatic rings. The number of para-hydroxylation sites is 2. The Balaban J connectivity index is 1.62. The highest BCUT2D eigenvalue weighted by Crippen LogP contribution is 2.17. The first-order valence-electron chi connectivity index (χ1n) is 7.70. The molecule has 1 heterocycles.